The summed E-state index contributed by atoms with van der Waals surface area (Å²) in [5.41, 5.74) is 3.28. The van der Waals surface area contributed by atoms with Crippen LogP contribution < -0.4 is 5.32 Å². The number of fused-ring (bicyclic) bond motifs is 1. The highest BCUT2D eigenvalue weighted by Gasteiger charge is 2.07. The number of nitrogens with zero attached hydrogens (tertiary/aromatic N) is 1. The van der Waals surface area contributed by atoms with Crippen molar-refractivity contribution in [2.45, 2.75) is 13.2 Å². The molecule has 1 heterocycles. The summed E-state index contributed by atoms with van der Waals surface area (Å²) in [5, 5.41) is 19.6. The van der Waals surface area contributed by atoms with Crippen LogP contribution in [-0.4, -0.2) is 21.2 Å². The second-order valence-electron chi connectivity index (χ2n) is 4.83. The maximum atomic E-state index is 12.1. The van der Waals surface area contributed by atoms with Crippen LogP contribution in [0.2, 0.25) is 0 Å². The lowest BCUT2D eigenvalue weighted by molar-refractivity contribution is 0.0951. The fraction of sp³-hybridized carbons (Fsp3) is 0.125. The fourth-order valence-corrected chi connectivity index (χ4v) is 2.13. The summed E-state index contributed by atoms with van der Waals surface area (Å²) in [7, 11) is 0. The largest absolute Gasteiger partial charge is 0.392 e. The molecule has 2 aromatic carbocycles. The number of aliphatic hydroxyl groups is 1. The molecule has 0 unspecified atom stereocenters. The van der Waals surface area contributed by atoms with Crippen LogP contribution in [0.1, 0.15) is 21.5 Å². The average Bonchev–Trinajstić information content (AvgIpc) is 3.00. The second kappa shape index (κ2) is 5.76. The average molecular weight is 281 g/mol. The molecule has 0 radical (unpaired) electrons. The van der Waals surface area contributed by atoms with Gasteiger partial charge in [-0.15, -0.1) is 0 Å². The predicted molar refractivity (Wildman–Crippen MR) is 79.6 cm³/mol. The minimum atomic E-state index is -0.127. The summed E-state index contributed by atoms with van der Waals surface area (Å²) in [6, 6.07) is 12.9. The fourth-order valence-electron chi connectivity index (χ4n) is 2.13. The third kappa shape index (κ3) is 2.93. The molecule has 106 valence electrons. The molecule has 0 atom stereocenters. The molecule has 0 saturated carbocycles. The summed E-state index contributed by atoms with van der Waals surface area (Å²) in [5.74, 6) is -0.127. The number of carbonyl (C=O) groups excluding carboxylic acids is 1. The number of hydrogen-bond donors (Lipinski definition) is 3. The molecular formula is C16H15N3O2. The molecule has 0 spiro atoms. The lowest BCUT2D eigenvalue weighted by atomic mass is 10.1. The van der Waals surface area contributed by atoms with E-state index in [4.69, 9.17) is 5.11 Å². The second-order valence-corrected chi connectivity index (χ2v) is 4.83. The van der Waals surface area contributed by atoms with Gasteiger partial charge in [-0.25, -0.2) is 0 Å². The van der Waals surface area contributed by atoms with Gasteiger partial charge in [0.1, 0.15) is 0 Å². The van der Waals surface area contributed by atoms with E-state index in [1.807, 2.05) is 30.3 Å². The third-order valence-electron chi connectivity index (χ3n) is 3.36. The smallest absolute Gasteiger partial charge is 0.251 e. The van der Waals surface area contributed by atoms with Gasteiger partial charge in [-0.1, -0.05) is 30.3 Å². The standard InChI is InChI=1S/C16H15N3O2/c20-10-12-3-1-11(2-4-12)8-17-16(21)13-5-6-14-9-18-19-15(14)7-13/h1-7,9,20H,8,10H2,(H,17,21)(H,18,19). The van der Waals surface area contributed by atoms with Crippen molar-refractivity contribution in [1.29, 1.82) is 0 Å². The molecule has 3 N–H and O–H groups in total. The van der Waals surface area contributed by atoms with Gasteiger partial charge < -0.3 is 10.4 Å². The van der Waals surface area contributed by atoms with Crippen molar-refractivity contribution in [3.05, 3.63) is 65.4 Å². The molecule has 21 heavy (non-hydrogen) atoms. The number of rotatable bonds is 4. The van der Waals surface area contributed by atoms with Gasteiger partial charge in [-0.3, -0.25) is 9.89 Å². The number of aromatic nitrogens is 2. The Morgan fingerprint density at radius 3 is 2.67 bits per heavy atom. The Labute approximate surface area is 121 Å². The number of hydrogen-bond acceptors (Lipinski definition) is 3. The molecule has 3 aromatic rings. The van der Waals surface area contributed by atoms with E-state index in [0.29, 0.717) is 12.1 Å². The van der Waals surface area contributed by atoms with Crippen LogP contribution in [0.15, 0.2) is 48.7 Å². The van der Waals surface area contributed by atoms with Crippen LogP contribution in [0.4, 0.5) is 0 Å². The maximum absolute atomic E-state index is 12.1. The van der Waals surface area contributed by atoms with Gasteiger partial charge in [-0.05, 0) is 23.3 Å². The number of H-pyrrole nitrogens is 1. The van der Waals surface area contributed by atoms with Gasteiger partial charge in [0.2, 0.25) is 0 Å². The normalized spacial score (nSPS) is 10.7. The Balaban J connectivity index is 1.67. The summed E-state index contributed by atoms with van der Waals surface area (Å²) in [6.07, 6.45) is 1.72. The molecule has 0 bridgehead atoms. The molecule has 0 aliphatic carbocycles. The molecular weight excluding hydrogens is 266 g/mol. The molecule has 0 fully saturated rings. The predicted octanol–water partition coefficient (Wildman–Crippen LogP) is 1.99. The van der Waals surface area contributed by atoms with Crippen molar-refractivity contribution in [3.63, 3.8) is 0 Å². The Morgan fingerprint density at radius 1 is 1.14 bits per heavy atom. The number of benzene rings is 2. The van der Waals surface area contributed by atoms with Gasteiger partial charge in [0.15, 0.2) is 0 Å². The van der Waals surface area contributed by atoms with Gasteiger partial charge in [0.25, 0.3) is 5.91 Å². The SMILES string of the molecule is O=C(NCc1ccc(CO)cc1)c1ccc2cn[nH]c2c1. The van der Waals surface area contributed by atoms with Crippen molar-refractivity contribution in [3.8, 4) is 0 Å². The quantitative estimate of drug-likeness (QED) is 0.684. The molecule has 5 heteroatoms. The van der Waals surface area contributed by atoms with Crippen LogP contribution in [0, 0.1) is 0 Å². The number of nitrogens with one attached hydrogen (secondary N) is 2. The zero-order chi connectivity index (χ0) is 14.7. The van der Waals surface area contributed by atoms with E-state index in [1.165, 1.54) is 0 Å². The maximum Gasteiger partial charge on any atom is 0.251 e. The minimum absolute atomic E-state index is 0.0246. The Morgan fingerprint density at radius 2 is 1.90 bits per heavy atom. The molecule has 1 aromatic heterocycles. The Kier molecular flexibility index (Phi) is 3.66. The summed E-state index contributed by atoms with van der Waals surface area (Å²) in [6.45, 7) is 0.475. The van der Waals surface area contributed by atoms with Crippen molar-refractivity contribution >= 4 is 16.8 Å². The first-order valence-corrected chi connectivity index (χ1v) is 6.66. The zero-order valence-electron chi connectivity index (χ0n) is 11.3. The number of aromatic amines is 1. The monoisotopic (exact) mass is 281 g/mol. The van der Waals surface area contributed by atoms with Gasteiger partial charge in [0, 0.05) is 17.5 Å². The van der Waals surface area contributed by atoms with E-state index >= 15 is 0 Å². The third-order valence-corrected chi connectivity index (χ3v) is 3.36. The van der Waals surface area contributed by atoms with Gasteiger partial charge >= 0.3 is 0 Å². The molecule has 5 nitrogen and oxygen atoms in total. The summed E-state index contributed by atoms with van der Waals surface area (Å²) < 4.78 is 0. The van der Waals surface area contributed by atoms with Crippen LogP contribution in [0.5, 0.6) is 0 Å². The topological polar surface area (TPSA) is 78.0 Å². The van der Waals surface area contributed by atoms with Crippen LogP contribution in [0.25, 0.3) is 10.9 Å². The van der Waals surface area contributed by atoms with Crippen LogP contribution in [0.3, 0.4) is 0 Å². The first-order chi connectivity index (χ1) is 10.3. The van der Waals surface area contributed by atoms with E-state index in [0.717, 1.165) is 22.0 Å². The Bertz CT molecular complexity index is 763. The van der Waals surface area contributed by atoms with Gasteiger partial charge in [0.05, 0.1) is 18.3 Å². The minimum Gasteiger partial charge on any atom is -0.392 e. The van der Waals surface area contributed by atoms with E-state index in [1.54, 1.807) is 18.3 Å². The van der Waals surface area contributed by atoms with Crippen molar-refractivity contribution in [1.82, 2.24) is 15.5 Å². The van der Waals surface area contributed by atoms with E-state index in [9.17, 15) is 4.79 Å². The van der Waals surface area contributed by atoms with Crippen molar-refractivity contribution in [2.75, 3.05) is 0 Å². The molecule has 3 rings (SSSR count). The van der Waals surface area contributed by atoms with E-state index in [2.05, 4.69) is 15.5 Å². The van der Waals surface area contributed by atoms with E-state index < -0.39 is 0 Å². The molecule has 1 amide bonds. The molecule has 0 saturated heterocycles. The Hall–Kier alpha value is -2.66. The van der Waals surface area contributed by atoms with Crippen molar-refractivity contribution in [2.24, 2.45) is 0 Å². The first-order valence-electron chi connectivity index (χ1n) is 6.66. The highest BCUT2D eigenvalue weighted by Crippen LogP contribution is 2.13. The summed E-state index contributed by atoms with van der Waals surface area (Å²) in [4.78, 5) is 12.1. The zero-order valence-corrected chi connectivity index (χ0v) is 11.3. The molecule has 0 aliphatic rings. The van der Waals surface area contributed by atoms with Crippen LogP contribution in [-0.2, 0) is 13.2 Å². The van der Waals surface area contributed by atoms with Crippen LogP contribution >= 0.6 is 0 Å². The number of amides is 1. The van der Waals surface area contributed by atoms with Gasteiger partial charge in [-0.2, -0.15) is 5.10 Å². The van der Waals surface area contributed by atoms with E-state index in [-0.39, 0.29) is 12.5 Å². The highest BCUT2D eigenvalue weighted by atomic mass is 16.3. The summed E-state index contributed by atoms with van der Waals surface area (Å²) >= 11 is 0. The van der Waals surface area contributed by atoms with Crippen molar-refractivity contribution < 1.29 is 9.90 Å². The lowest BCUT2D eigenvalue weighted by Gasteiger charge is -2.06. The first kappa shape index (κ1) is 13.3. The number of aliphatic hydroxyl groups excluding tert-OH is 1. The molecule has 0 aliphatic heterocycles. The lowest BCUT2D eigenvalue weighted by Crippen LogP contribution is -2.22. The highest BCUT2D eigenvalue weighted by molar-refractivity contribution is 5.97. The number of carbonyl (C=O) groups is 1.